The number of H-pyrrole nitrogens is 1. The van der Waals surface area contributed by atoms with Crippen molar-refractivity contribution in [1.82, 2.24) is 4.98 Å². The number of nitrogens with one attached hydrogen (secondary N) is 2. The molecule has 2 aromatic carbocycles. The molecule has 0 bridgehead atoms. The Morgan fingerprint density at radius 3 is 2.36 bits per heavy atom. The van der Waals surface area contributed by atoms with Crippen molar-refractivity contribution in [2.24, 2.45) is 0 Å². The molecule has 0 radical (unpaired) electrons. The zero-order chi connectivity index (χ0) is 18.2. The van der Waals surface area contributed by atoms with Gasteiger partial charge in [-0.2, -0.15) is 0 Å². The molecule has 25 heavy (non-hydrogen) atoms. The summed E-state index contributed by atoms with van der Waals surface area (Å²) in [5.41, 5.74) is 3.63. The summed E-state index contributed by atoms with van der Waals surface area (Å²) >= 11 is 0. The van der Waals surface area contributed by atoms with Gasteiger partial charge in [-0.25, -0.2) is 13.2 Å². The number of aromatic nitrogens is 1. The molecule has 0 aliphatic carbocycles. The Morgan fingerprint density at radius 1 is 1.04 bits per heavy atom. The molecule has 0 aliphatic rings. The van der Waals surface area contributed by atoms with Crippen molar-refractivity contribution >= 4 is 32.6 Å². The van der Waals surface area contributed by atoms with Crippen LogP contribution in [0.2, 0.25) is 0 Å². The number of anilines is 1. The number of carbonyl (C=O) groups excluding carboxylic acids is 1. The van der Waals surface area contributed by atoms with Crippen molar-refractivity contribution in [3.8, 4) is 0 Å². The Bertz CT molecular complexity index is 1050. The van der Waals surface area contributed by atoms with Crippen LogP contribution in [0.5, 0.6) is 0 Å². The van der Waals surface area contributed by atoms with Crippen LogP contribution in [0.1, 0.15) is 21.5 Å². The Balaban J connectivity index is 1.97. The number of rotatable bonds is 4. The smallest absolute Gasteiger partial charge is 0.337 e. The first-order valence-electron chi connectivity index (χ1n) is 7.62. The third-order valence-electron chi connectivity index (χ3n) is 4.07. The molecule has 3 aromatic rings. The standard InChI is InChI=1S/C18H18N2O4S/c1-11-4-9-15(17-16(11)12(2)10-19-17)20-25(22,23)14-7-5-13(6-8-14)18(21)24-3/h4-10,19-20H,1-3H3. The first-order valence-corrected chi connectivity index (χ1v) is 9.10. The van der Waals surface area contributed by atoms with Gasteiger partial charge in [0.1, 0.15) is 0 Å². The minimum absolute atomic E-state index is 0.0668. The van der Waals surface area contributed by atoms with Gasteiger partial charge in [0.15, 0.2) is 0 Å². The number of sulfonamides is 1. The van der Waals surface area contributed by atoms with Gasteiger partial charge in [-0.15, -0.1) is 0 Å². The number of fused-ring (bicyclic) bond motifs is 1. The summed E-state index contributed by atoms with van der Waals surface area (Å²) in [6.45, 7) is 3.95. The number of benzene rings is 2. The molecule has 0 spiro atoms. The number of hydrogen-bond donors (Lipinski definition) is 2. The maximum absolute atomic E-state index is 12.6. The molecular weight excluding hydrogens is 340 g/mol. The summed E-state index contributed by atoms with van der Waals surface area (Å²) in [6.07, 6.45) is 1.85. The second-order valence-electron chi connectivity index (χ2n) is 5.77. The van der Waals surface area contributed by atoms with Gasteiger partial charge in [-0.1, -0.05) is 6.07 Å². The van der Waals surface area contributed by atoms with E-state index in [0.29, 0.717) is 11.3 Å². The third kappa shape index (κ3) is 3.10. The molecule has 130 valence electrons. The van der Waals surface area contributed by atoms with Crippen molar-refractivity contribution in [3.63, 3.8) is 0 Å². The summed E-state index contributed by atoms with van der Waals surface area (Å²) in [5.74, 6) is -0.515. The lowest BCUT2D eigenvalue weighted by molar-refractivity contribution is 0.0600. The molecule has 0 saturated carbocycles. The molecule has 0 aliphatic heterocycles. The van der Waals surface area contributed by atoms with E-state index in [1.165, 1.54) is 31.4 Å². The SMILES string of the molecule is COC(=O)c1ccc(S(=O)(=O)Nc2ccc(C)c3c(C)c[nH]c23)cc1. The summed E-state index contributed by atoms with van der Waals surface area (Å²) in [6, 6.07) is 9.20. The lowest BCUT2D eigenvalue weighted by Gasteiger charge is -2.11. The molecule has 7 heteroatoms. The fraction of sp³-hybridized carbons (Fsp3) is 0.167. The van der Waals surface area contributed by atoms with Gasteiger partial charge < -0.3 is 9.72 Å². The fourth-order valence-corrected chi connectivity index (χ4v) is 3.87. The molecule has 0 atom stereocenters. The maximum atomic E-state index is 12.6. The third-order valence-corrected chi connectivity index (χ3v) is 5.45. The molecule has 1 aromatic heterocycles. The highest BCUT2D eigenvalue weighted by atomic mass is 32.2. The molecule has 0 saturated heterocycles. The average Bonchev–Trinajstić information content (AvgIpc) is 3.00. The van der Waals surface area contributed by atoms with E-state index < -0.39 is 16.0 Å². The van der Waals surface area contributed by atoms with Crippen LogP contribution in [0.25, 0.3) is 10.9 Å². The number of hydrogen-bond acceptors (Lipinski definition) is 4. The molecule has 0 fully saturated rings. The molecule has 0 unspecified atom stereocenters. The van der Waals surface area contributed by atoms with E-state index in [1.807, 2.05) is 26.1 Å². The van der Waals surface area contributed by atoms with Crippen LogP contribution in [0, 0.1) is 13.8 Å². The van der Waals surface area contributed by atoms with Crippen molar-refractivity contribution in [3.05, 3.63) is 59.3 Å². The summed E-state index contributed by atoms with van der Waals surface area (Å²) < 4.78 is 32.5. The van der Waals surface area contributed by atoms with Crippen LogP contribution in [0.4, 0.5) is 5.69 Å². The zero-order valence-corrected chi connectivity index (χ0v) is 14.9. The van der Waals surface area contributed by atoms with E-state index in [9.17, 15) is 13.2 Å². The monoisotopic (exact) mass is 358 g/mol. The van der Waals surface area contributed by atoms with E-state index in [-0.39, 0.29) is 4.90 Å². The number of esters is 1. The highest BCUT2D eigenvalue weighted by molar-refractivity contribution is 7.92. The predicted octanol–water partition coefficient (Wildman–Crippen LogP) is 3.37. The number of aromatic amines is 1. The first kappa shape index (κ1) is 17.0. The fourth-order valence-electron chi connectivity index (χ4n) is 2.79. The predicted molar refractivity (Wildman–Crippen MR) is 96.4 cm³/mol. The molecule has 0 amide bonds. The second kappa shape index (κ2) is 6.25. The highest BCUT2D eigenvalue weighted by Crippen LogP contribution is 2.29. The van der Waals surface area contributed by atoms with Crippen LogP contribution in [0.15, 0.2) is 47.5 Å². The Kier molecular flexibility index (Phi) is 4.26. The lowest BCUT2D eigenvalue weighted by atomic mass is 10.1. The van der Waals surface area contributed by atoms with Gasteiger partial charge in [0.05, 0.1) is 28.8 Å². The van der Waals surface area contributed by atoms with E-state index in [1.54, 1.807) is 6.07 Å². The molecule has 3 rings (SSSR count). The normalized spacial score (nSPS) is 11.5. The van der Waals surface area contributed by atoms with Crippen molar-refractivity contribution in [1.29, 1.82) is 0 Å². The molecule has 6 nitrogen and oxygen atoms in total. The summed E-state index contributed by atoms with van der Waals surface area (Å²) in [7, 11) is -2.51. The Hall–Kier alpha value is -2.80. The van der Waals surface area contributed by atoms with Gasteiger partial charge in [-0.3, -0.25) is 4.72 Å². The van der Waals surface area contributed by atoms with E-state index in [0.717, 1.165) is 22.0 Å². The van der Waals surface area contributed by atoms with Crippen LogP contribution >= 0.6 is 0 Å². The molecule has 2 N–H and O–H groups in total. The minimum Gasteiger partial charge on any atom is -0.465 e. The van der Waals surface area contributed by atoms with Crippen LogP contribution in [0.3, 0.4) is 0 Å². The number of carbonyl (C=O) groups is 1. The largest absolute Gasteiger partial charge is 0.465 e. The zero-order valence-electron chi connectivity index (χ0n) is 14.1. The average molecular weight is 358 g/mol. The summed E-state index contributed by atoms with van der Waals surface area (Å²) in [4.78, 5) is 14.6. The maximum Gasteiger partial charge on any atom is 0.337 e. The van der Waals surface area contributed by atoms with E-state index >= 15 is 0 Å². The Labute approximate surface area is 145 Å². The second-order valence-corrected chi connectivity index (χ2v) is 7.46. The first-order chi connectivity index (χ1) is 11.8. The van der Waals surface area contributed by atoms with Crippen LogP contribution < -0.4 is 4.72 Å². The topological polar surface area (TPSA) is 88.3 Å². The highest BCUT2D eigenvalue weighted by Gasteiger charge is 2.18. The lowest BCUT2D eigenvalue weighted by Crippen LogP contribution is -2.13. The van der Waals surface area contributed by atoms with E-state index in [2.05, 4.69) is 14.4 Å². The van der Waals surface area contributed by atoms with Gasteiger partial charge in [0, 0.05) is 11.6 Å². The Morgan fingerprint density at radius 2 is 1.72 bits per heavy atom. The van der Waals surface area contributed by atoms with Gasteiger partial charge >= 0.3 is 5.97 Å². The number of methoxy groups -OCH3 is 1. The number of ether oxygens (including phenoxy) is 1. The summed E-state index contributed by atoms with van der Waals surface area (Å²) in [5, 5.41) is 1.00. The van der Waals surface area contributed by atoms with Crippen LogP contribution in [-0.4, -0.2) is 26.5 Å². The minimum atomic E-state index is -3.78. The van der Waals surface area contributed by atoms with Gasteiger partial charge in [0.2, 0.25) is 0 Å². The van der Waals surface area contributed by atoms with Gasteiger partial charge in [-0.05, 0) is 55.3 Å². The van der Waals surface area contributed by atoms with Crippen molar-refractivity contribution in [2.75, 3.05) is 11.8 Å². The molecular formula is C18H18N2O4S. The molecule has 1 heterocycles. The van der Waals surface area contributed by atoms with Gasteiger partial charge in [0.25, 0.3) is 10.0 Å². The number of aryl methyl sites for hydroxylation is 2. The quantitative estimate of drug-likeness (QED) is 0.700. The van der Waals surface area contributed by atoms with Crippen molar-refractivity contribution in [2.45, 2.75) is 18.7 Å². The van der Waals surface area contributed by atoms with Crippen LogP contribution in [-0.2, 0) is 14.8 Å². The van der Waals surface area contributed by atoms with E-state index in [4.69, 9.17) is 0 Å². The van der Waals surface area contributed by atoms with Crippen molar-refractivity contribution < 1.29 is 17.9 Å².